The first kappa shape index (κ1) is 12.8. The Kier molecular flexibility index (Phi) is 3.73. The van der Waals surface area contributed by atoms with Gasteiger partial charge in [0.2, 0.25) is 6.79 Å². The topological polar surface area (TPSA) is 68.4 Å². The number of nitrogens with zero attached hydrogens (tertiary/aromatic N) is 1. The lowest BCUT2D eigenvalue weighted by molar-refractivity contribution is 0.173. The molecule has 6 nitrogen and oxygen atoms in total. The van der Waals surface area contributed by atoms with Gasteiger partial charge in [-0.2, -0.15) is 5.10 Å². The second kappa shape index (κ2) is 5.83. The number of aromatic amines is 1. The second-order valence-electron chi connectivity index (χ2n) is 4.56. The van der Waals surface area contributed by atoms with E-state index in [9.17, 15) is 0 Å². The summed E-state index contributed by atoms with van der Waals surface area (Å²) in [6, 6.07) is 5.59. The number of fused-ring (bicyclic) bond motifs is 1. The first-order valence-corrected chi connectivity index (χ1v) is 6.55. The van der Waals surface area contributed by atoms with Crippen LogP contribution in [0.4, 0.5) is 0 Å². The Morgan fingerprint density at radius 3 is 3.10 bits per heavy atom. The molecule has 0 bridgehead atoms. The zero-order chi connectivity index (χ0) is 13.8. The molecule has 0 saturated heterocycles. The number of rotatable bonds is 6. The van der Waals surface area contributed by atoms with Crippen molar-refractivity contribution in [2.24, 2.45) is 0 Å². The van der Waals surface area contributed by atoms with Crippen molar-refractivity contribution < 1.29 is 14.2 Å². The van der Waals surface area contributed by atoms with E-state index in [0.29, 0.717) is 6.61 Å². The lowest BCUT2D eigenvalue weighted by Crippen LogP contribution is -2.20. The van der Waals surface area contributed by atoms with E-state index in [1.54, 1.807) is 0 Å². The molecule has 0 atom stereocenters. The Labute approximate surface area is 117 Å². The maximum atomic E-state index is 5.66. The van der Waals surface area contributed by atoms with Gasteiger partial charge in [0.15, 0.2) is 11.5 Å². The van der Waals surface area contributed by atoms with Crippen molar-refractivity contribution in [1.82, 2.24) is 15.5 Å². The fourth-order valence-electron chi connectivity index (χ4n) is 1.98. The van der Waals surface area contributed by atoms with E-state index in [-0.39, 0.29) is 6.79 Å². The van der Waals surface area contributed by atoms with Crippen molar-refractivity contribution in [1.29, 1.82) is 0 Å². The molecule has 20 heavy (non-hydrogen) atoms. The second-order valence-corrected chi connectivity index (χ2v) is 4.56. The first-order chi connectivity index (χ1) is 9.83. The molecule has 2 N–H and O–H groups in total. The summed E-state index contributed by atoms with van der Waals surface area (Å²) in [5, 5.41) is 10.2. The number of hydrogen-bond acceptors (Lipinski definition) is 5. The number of hydrogen-bond donors (Lipinski definition) is 2. The fourth-order valence-corrected chi connectivity index (χ4v) is 1.98. The Balaban J connectivity index is 1.41. The Morgan fingerprint density at radius 1 is 1.35 bits per heavy atom. The van der Waals surface area contributed by atoms with Gasteiger partial charge >= 0.3 is 0 Å². The summed E-state index contributed by atoms with van der Waals surface area (Å²) < 4.78 is 16.2. The van der Waals surface area contributed by atoms with E-state index in [1.165, 1.54) is 5.56 Å². The highest BCUT2D eigenvalue weighted by molar-refractivity contribution is 5.46. The van der Waals surface area contributed by atoms with Gasteiger partial charge in [0.25, 0.3) is 0 Å². The van der Waals surface area contributed by atoms with Crippen LogP contribution in [0, 0.1) is 6.92 Å². The predicted octanol–water partition coefficient (Wildman–Crippen LogP) is 1.62. The average Bonchev–Trinajstić information content (AvgIpc) is 3.07. The SMILES string of the molecule is Cc1[nH]ncc1CNCCOc1ccc2c(c1)OCO2. The average molecular weight is 275 g/mol. The van der Waals surface area contributed by atoms with Gasteiger partial charge < -0.3 is 19.5 Å². The van der Waals surface area contributed by atoms with Crippen LogP contribution in [-0.2, 0) is 6.54 Å². The summed E-state index contributed by atoms with van der Waals surface area (Å²) in [7, 11) is 0. The van der Waals surface area contributed by atoms with Gasteiger partial charge in [-0.25, -0.2) is 0 Å². The maximum Gasteiger partial charge on any atom is 0.231 e. The zero-order valence-corrected chi connectivity index (χ0v) is 11.3. The van der Waals surface area contributed by atoms with Crippen molar-refractivity contribution in [3.05, 3.63) is 35.7 Å². The third-order valence-electron chi connectivity index (χ3n) is 3.14. The minimum absolute atomic E-state index is 0.282. The van der Waals surface area contributed by atoms with Crippen LogP contribution in [0.1, 0.15) is 11.3 Å². The van der Waals surface area contributed by atoms with E-state index in [0.717, 1.165) is 36.0 Å². The number of H-pyrrole nitrogens is 1. The van der Waals surface area contributed by atoms with Crippen LogP contribution in [0.25, 0.3) is 0 Å². The third-order valence-corrected chi connectivity index (χ3v) is 3.14. The molecular weight excluding hydrogens is 258 g/mol. The minimum atomic E-state index is 0.282. The highest BCUT2D eigenvalue weighted by atomic mass is 16.7. The number of nitrogens with one attached hydrogen (secondary N) is 2. The number of aryl methyl sites for hydroxylation is 1. The summed E-state index contributed by atoms with van der Waals surface area (Å²) in [4.78, 5) is 0. The fraction of sp³-hybridized carbons (Fsp3) is 0.357. The molecule has 2 heterocycles. The van der Waals surface area contributed by atoms with Crippen LogP contribution in [0.2, 0.25) is 0 Å². The van der Waals surface area contributed by atoms with Gasteiger partial charge in [-0.1, -0.05) is 0 Å². The smallest absolute Gasteiger partial charge is 0.231 e. The van der Waals surface area contributed by atoms with Crippen molar-refractivity contribution in [3.8, 4) is 17.2 Å². The minimum Gasteiger partial charge on any atom is -0.492 e. The molecule has 0 amide bonds. The summed E-state index contributed by atoms with van der Waals surface area (Å²) in [5.74, 6) is 2.30. The van der Waals surface area contributed by atoms with E-state index in [4.69, 9.17) is 14.2 Å². The predicted molar refractivity (Wildman–Crippen MR) is 73.1 cm³/mol. The molecule has 3 rings (SSSR count). The van der Waals surface area contributed by atoms with Crippen molar-refractivity contribution in [2.75, 3.05) is 19.9 Å². The lowest BCUT2D eigenvalue weighted by atomic mass is 10.3. The Bertz CT molecular complexity index is 583. The highest BCUT2D eigenvalue weighted by Gasteiger charge is 2.13. The molecule has 0 aliphatic carbocycles. The molecule has 0 spiro atoms. The largest absolute Gasteiger partial charge is 0.492 e. The van der Waals surface area contributed by atoms with Gasteiger partial charge in [-0.3, -0.25) is 5.10 Å². The zero-order valence-electron chi connectivity index (χ0n) is 11.3. The molecule has 1 aliphatic rings. The van der Waals surface area contributed by atoms with E-state index >= 15 is 0 Å². The van der Waals surface area contributed by atoms with Crippen LogP contribution in [0.3, 0.4) is 0 Å². The number of ether oxygens (including phenoxy) is 3. The van der Waals surface area contributed by atoms with Crippen molar-refractivity contribution >= 4 is 0 Å². The molecule has 1 aromatic heterocycles. The summed E-state index contributed by atoms with van der Waals surface area (Å²) >= 11 is 0. The van der Waals surface area contributed by atoms with Crippen molar-refractivity contribution in [2.45, 2.75) is 13.5 Å². The van der Waals surface area contributed by atoms with Gasteiger partial charge in [-0.15, -0.1) is 0 Å². The molecule has 6 heteroatoms. The van der Waals surface area contributed by atoms with Crippen molar-refractivity contribution in [3.63, 3.8) is 0 Å². The Hall–Kier alpha value is -2.21. The van der Waals surface area contributed by atoms with Gasteiger partial charge in [0.1, 0.15) is 12.4 Å². The van der Waals surface area contributed by atoms with Crippen LogP contribution < -0.4 is 19.5 Å². The summed E-state index contributed by atoms with van der Waals surface area (Å²) in [6.45, 7) is 4.43. The van der Waals surface area contributed by atoms with E-state index in [1.807, 2.05) is 31.3 Å². The molecule has 0 radical (unpaired) electrons. The quantitative estimate of drug-likeness (QED) is 0.784. The third kappa shape index (κ3) is 2.85. The van der Waals surface area contributed by atoms with E-state index < -0.39 is 0 Å². The normalized spacial score (nSPS) is 12.7. The maximum absolute atomic E-state index is 5.66. The highest BCUT2D eigenvalue weighted by Crippen LogP contribution is 2.34. The number of aromatic nitrogens is 2. The van der Waals surface area contributed by atoms with Gasteiger partial charge in [-0.05, 0) is 19.1 Å². The monoisotopic (exact) mass is 275 g/mol. The van der Waals surface area contributed by atoms with Gasteiger partial charge in [0.05, 0.1) is 6.20 Å². The molecular formula is C14H17N3O3. The molecule has 0 saturated carbocycles. The van der Waals surface area contributed by atoms with Crippen LogP contribution in [-0.4, -0.2) is 30.1 Å². The first-order valence-electron chi connectivity index (χ1n) is 6.55. The Morgan fingerprint density at radius 2 is 2.25 bits per heavy atom. The van der Waals surface area contributed by atoms with Crippen LogP contribution in [0.5, 0.6) is 17.2 Å². The molecule has 1 aliphatic heterocycles. The molecule has 0 unspecified atom stereocenters. The number of benzene rings is 1. The molecule has 1 aromatic carbocycles. The van der Waals surface area contributed by atoms with Crippen LogP contribution >= 0.6 is 0 Å². The molecule has 2 aromatic rings. The molecule has 0 fully saturated rings. The van der Waals surface area contributed by atoms with Gasteiger partial charge in [0, 0.05) is 30.4 Å². The standard InChI is InChI=1S/C14H17N3O3/c1-10-11(8-16-17-10)7-15-4-5-18-12-2-3-13-14(6-12)20-9-19-13/h2-3,6,8,15H,4-5,7,9H2,1H3,(H,16,17). The van der Waals surface area contributed by atoms with Crippen LogP contribution in [0.15, 0.2) is 24.4 Å². The lowest BCUT2D eigenvalue weighted by Gasteiger charge is -2.08. The molecule has 106 valence electrons. The summed E-state index contributed by atoms with van der Waals surface area (Å²) in [6.07, 6.45) is 1.83. The summed E-state index contributed by atoms with van der Waals surface area (Å²) in [5.41, 5.74) is 2.27. The van der Waals surface area contributed by atoms with E-state index in [2.05, 4.69) is 15.5 Å².